The molecule has 21 heavy (non-hydrogen) atoms. The van der Waals surface area contributed by atoms with Crippen molar-refractivity contribution in [2.24, 2.45) is 0 Å². The van der Waals surface area contributed by atoms with Crippen LogP contribution < -0.4 is 4.74 Å². The summed E-state index contributed by atoms with van der Waals surface area (Å²) in [6, 6.07) is 8.59. The number of carbonyl (C=O) groups excluding carboxylic acids is 1. The maximum Gasteiger partial charge on any atom is 0.176 e. The Morgan fingerprint density at radius 3 is 2.62 bits per heavy atom. The van der Waals surface area contributed by atoms with Gasteiger partial charge in [-0.1, -0.05) is 6.07 Å². The summed E-state index contributed by atoms with van der Waals surface area (Å²) in [6.45, 7) is 1.90. The lowest BCUT2D eigenvalue weighted by Gasteiger charge is -2.08. The van der Waals surface area contributed by atoms with E-state index in [1.54, 1.807) is 12.1 Å². The Morgan fingerprint density at radius 2 is 1.95 bits per heavy atom. The van der Waals surface area contributed by atoms with E-state index in [1.807, 2.05) is 13.0 Å². The fourth-order valence-electron chi connectivity index (χ4n) is 1.84. The predicted molar refractivity (Wildman–Crippen MR) is 79.1 cm³/mol. The maximum atomic E-state index is 13.5. The van der Waals surface area contributed by atoms with Gasteiger partial charge in [-0.3, -0.25) is 4.79 Å². The van der Waals surface area contributed by atoms with E-state index in [1.165, 1.54) is 19.2 Å². The van der Waals surface area contributed by atoms with Crippen LogP contribution in [0, 0.1) is 18.6 Å². The highest BCUT2D eigenvalue weighted by atomic mass is 32.2. The molecule has 0 radical (unpaired) electrons. The van der Waals surface area contributed by atoms with E-state index in [9.17, 15) is 13.6 Å². The molecule has 0 fully saturated rings. The van der Waals surface area contributed by atoms with Gasteiger partial charge in [0.25, 0.3) is 0 Å². The first-order valence-corrected chi connectivity index (χ1v) is 7.25. The van der Waals surface area contributed by atoms with Crippen LogP contribution in [0.3, 0.4) is 0 Å². The molecule has 0 N–H and O–H groups in total. The summed E-state index contributed by atoms with van der Waals surface area (Å²) in [5.74, 6) is -0.907. The molecule has 2 aromatic carbocycles. The third-order valence-electron chi connectivity index (χ3n) is 2.91. The first-order chi connectivity index (χ1) is 10.0. The van der Waals surface area contributed by atoms with Crippen LogP contribution in [0.1, 0.15) is 15.9 Å². The number of carbonyl (C=O) groups is 1. The highest BCUT2D eigenvalue weighted by molar-refractivity contribution is 8.00. The lowest BCUT2D eigenvalue weighted by molar-refractivity contribution is 0.101. The monoisotopic (exact) mass is 308 g/mol. The molecule has 0 aromatic heterocycles. The van der Waals surface area contributed by atoms with Crippen molar-refractivity contribution in [1.82, 2.24) is 0 Å². The first kappa shape index (κ1) is 15.5. The molecule has 0 amide bonds. The fourth-order valence-corrected chi connectivity index (χ4v) is 2.65. The van der Waals surface area contributed by atoms with Gasteiger partial charge in [0, 0.05) is 11.0 Å². The van der Waals surface area contributed by atoms with E-state index < -0.39 is 11.6 Å². The summed E-state index contributed by atoms with van der Waals surface area (Å²) in [5.41, 5.74) is 1.44. The van der Waals surface area contributed by atoms with E-state index in [4.69, 9.17) is 4.74 Å². The normalized spacial score (nSPS) is 10.5. The minimum atomic E-state index is -0.663. The van der Waals surface area contributed by atoms with Gasteiger partial charge in [0.2, 0.25) is 0 Å². The number of halogens is 2. The Morgan fingerprint density at radius 1 is 1.19 bits per heavy atom. The van der Waals surface area contributed by atoms with Gasteiger partial charge in [0.15, 0.2) is 5.78 Å². The van der Waals surface area contributed by atoms with Crippen LogP contribution in [0.15, 0.2) is 41.3 Å². The summed E-state index contributed by atoms with van der Waals surface area (Å²) in [4.78, 5) is 12.4. The van der Waals surface area contributed by atoms with Crippen LogP contribution in [0.4, 0.5) is 8.78 Å². The molecule has 0 saturated heterocycles. The molecular weight excluding hydrogens is 294 g/mol. The van der Waals surface area contributed by atoms with Crippen molar-refractivity contribution in [2.75, 3.05) is 12.9 Å². The fraction of sp³-hybridized carbons (Fsp3) is 0.188. The summed E-state index contributed by atoms with van der Waals surface area (Å²) in [6.07, 6.45) is 0. The van der Waals surface area contributed by atoms with Crippen molar-refractivity contribution in [3.05, 3.63) is 59.2 Å². The number of aryl methyl sites for hydroxylation is 1. The first-order valence-electron chi connectivity index (χ1n) is 6.27. The molecule has 0 spiro atoms. The molecule has 5 heteroatoms. The van der Waals surface area contributed by atoms with Gasteiger partial charge in [-0.15, -0.1) is 11.8 Å². The molecule has 2 rings (SSSR count). The lowest BCUT2D eigenvalue weighted by atomic mass is 10.1. The van der Waals surface area contributed by atoms with Crippen LogP contribution in [0.5, 0.6) is 5.75 Å². The Kier molecular flexibility index (Phi) is 4.96. The largest absolute Gasteiger partial charge is 0.496 e. The molecule has 110 valence electrons. The maximum absolute atomic E-state index is 13.5. The number of ether oxygens (including phenoxy) is 1. The molecule has 0 unspecified atom stereocenters. The van der Waals surface area contributed by atoms with E-state index >= 15 is 0 Å². The van der Waals surface area contributed by atoms with E-state index in [2.05, 4.69) is 0 Å². The van der Waals surface area contributed by atoms with Crippen molar-refractivity contribution in [2.45, 2.75) is 11.8 Å². The van der Waals surface area contributed by atoms with E-state index in [0.717, 1.165) is 23.4 Å². The van der Waals surface area contributed by atoms with Gasteiger partial charge in [-0.05, 0) is 36.8 Å². The minimum absolute atomic E-state index is 0.0575. The van der Waals surface area contributed by atoms with E-state index in [0.29, 0.717) is 11.3 Å². The lowest BCUT2D eigenvalue weighted by Crippen LogP contribution is -2.05. The van der Waals surface area contributed by atoms with Crippen LogP contribution in [-0.4, -0.2) is 18.6 Å². The highest BCUT2D eigenvalue weighted by Gasteiger charge is 2.14. The summed E-state index contributed by atoms with van der Waals surface area (Å²) < 4.78 is 31.5. The zero-order valence-electron chi connectivity index (χ0n) is 11.7. The van der Waals surface area contributed by atoms with Crippen LogP contribution in [0.25, 0.3) is 0 Å². The number of hydrogen-bond acceptors (Lipinski definition) is 3. The average Bonchev–Trinajstić information content (AvgIpc) is 2.45. The second-order valence-electron chi connectivity index (χ2n) is 4.49. The summed E-state index contributed by atoms with van der Waals surface area (Å²) in [5, 5.41) is 0. The SMILES string of the molecule is COc1cc(C)ccc1C(=O)CSc1ccc(F)cc1F. The molecule has 0 aliphatic carbocycles. The Hall–Kier alpha value is -1.88. The number of benzene rings is 2. The Balaban J connectivity index is 2.11. The Bertz CT molecular complexity index is 671. The topological polar surface area (TPSA) is 26.3 Å². The summed E-state index contributed by atoms with van der Waals surface area (Å²) in [7, 11) is 1.50. The smallest absolute Gasteiger partial charge is 0.176 e. The van der Waals surface area contributed by atoms with Gasteiger partial charge < -0.3 is 4.74 Å². The predicted octanol–water partition coefficient (Wildman–Crippen LogP) is 4.26. The Labute approximate surface area is 126 Å². The zero-order chi connectivity index (χ0) is 15.4. The van der Waals surface area contributed by atoms with Crippen molar-refractivity contribution < 1.29 is 18.3 Å². The second-order valence-corrected chi connectivity index (χ2v) is 5.51. The molecular formula is C16H14F2O2S. The third kappa shape index (κ3) is 3.82. The van der Waals surface area contributed by atoms with Crippen molar-refractivity contribution in [1.29, 1.82) is 0 Å². The molecule has 0 atom stereocenters. The van der Waals surface area contributed by atoms with Gasteiger partial charge in [-0.2, -0.15) is 0 Å². The number of rotatable bonds is 5. The molecule has 0 saturated carbocycles. The van der Waals surface area contributed by atoms with Gasteiger partial charge in [0.05, 0.1) is 18.4 Å². The number of Topliss-reactive ketones (excluding diaryl/α,β-unsaturated/α-hetero) is 1. The van der Waals surface area contributed by atoms with Gasteiger partial charge in [-0.25, -0.2) is 8.78 Å². The molecule has 0 bridgehead atoms. The highest BCUT2D eigenvalue weighted by Crippen LogP contribution is 2.26. The van der Waals surface area contributed by atoms with Crippen LogP contribution >= 0.6 is 11.8 Å². The van der Waals surface area contributed by atoms with E-state index in [-0.39, 0.29) is 16.4 Å². The zero-order valence-corrected chi connectivity index (χ0v) is 12.5. The molecule has 0 aliphatic heterocycles. The standard InChI is InChI=1S/C16H14F2O2S/c1-10-3-5-12(15(7-10)20-2)14(19)9-21-16-6-4-11(17)8-13(16)18/h3-8H,9H2,1-2H3. The number of thioether (sulfide) groups is 1. The molecule has 2 nitrogen and oxygen atoms in total. The van der Waals surface area contributed by atoms with Crippen molar-refractivity contribution in [3.63, 3.8) is 0 Å². The number of ketones is 1. The minimum Gasteiger partial charge on any atom is -0.496 e. The van der Waals surface area contributed by atoms with Crippen LogP contribution in [-0.2, 0) is 0 Å². The second kappa shape index (κ2) is 6.72. The summed E-state index contributed by atoms with van der Waals surface area (Å²) >= 11 is 1.04. The third-order valence-corrected chi connectivity index (χ3v) is 3.96. The van der Waals surface area contributed by atoms with Crippen molar-refractivity contribution in [3.8, 4) is 5.75 Å². The average molecular weight is 308 g/mol. The number of methoxy groups -OCH3 is 1. The molecule has 0 heterocycles. The van der Waals surface area contributed by atoms with Gasteiger partial charge in [0.1, 0.15) is 17.4 Å². The molecule has 2 aromatic rings. The van der Waals surface area contributed by atoms with Crippen LogP contribution in [0.2, 0.25) is 0 Å². The van der Waals surface area contributed by atoms with Crippen molar-refractivity contribution >= 4 is 17.5 Å². The quantitative estimate of drug-likeness (QED) is 0.610. The molecule has 0 aliphatic rings. The number of hydrogen-bond donors (Lipinski definition) is 0. The van der Waals surface area contributed by atoms with Gasteiger partial charge >= 0.3 is 0 Å².